The van der Waals surface area contributed by atoms with Crippen molar-refractivity contribution in [1.29, 1.82) is 0 Å². The van der Waals surface area contributed by atoms with Crippen molar-refractivity contribution in [3.05, 3.63) is 34.2 Å². The van der Waals surface area contributed by atoms with Gasteiger partial charge in [-0.3, -0.25) is 0 Å². The van der Waals surface area contributed by atoms with Gasteiger partial charge >= 0.3 is 6.36 Å². The van der Waals surface area contributed by atoms with E-state index in [1.54, 1.807) is 11.4 Å². The van der Waals surface area contributed by atoms with Crippen molar-refractivity contribution in [3.8, 4) is 16.3 Å². The molecule has 0 aliphatic rings. The summed E-state index contributed by atoms with van der Waals surface area (Å²) in [6.45, 7) is 0. The number of para-hydroxylation sites is 1. The molecule has 0 amide bonds. The summed E-state index contributed by atoms with van der Waals surface area (Å²) in [6, 6.07) is 5.91. The number of alkyl halides is 3. The first-order chi connectivity index (χ1) is 7.96. The molecule has 0 aliphatic carbocycles. The summed E-state index contributed by atoms with van der Waals surface area (Å²) in [5.41, 5.74) is 0.320. The van der Waals surface area contributed by atoms with E-state index in [-0.39, 0.29) is 5.75 Å². The number of aromatic nitrogens is 1. The molecule has 2 rings (SSSR count). The Labute approximate surface area is 107 Å². The lowest BCUT2D eigenvalue weighted by molar-refractivity contribution is -0.274. The molecular weight excluding hydrogens is 319 g/mol. The van der Waals surface area contributed by atoms with Crippen molar-refractivity contribution >= 4 is 27.3 Å². The molecule has 17 heavy (non-hydrogen) atoms. The summed E-state index contributed by atoms with van der Waals surface area (Å²) >= 11 is 4.39. The van der Waals surface area contributed by atoms with E-state index in [1.165, 1.54) is 29.5 Å². The first-order valence-corrected chi connectivity index (χ1v) is 6.09. The summed E-state index contributed by atoms with van der Waals surface area (Å²) < 4.78 is 41.1. The maximum absolute atomic E-state index is 12.2. The van der Waals surface area contributed by atoms with Gasteiger partial charge in [0.15, 0.2) is 0 Å². The molecule has 1 aromatic heterocycles. The van der Waals surface area contributed by atoms with Crippen LogP contribution in [0.5, 0.6) is 5.75 Å². The Morgan fingerprint density at radius 1 is 1.24 bits per heavy atom. The van der Waals surface area contributed by atoms with Crippen LogP contribution >= 0.6 is 27.3 Å². The van der Waals surface area contributed by atoms with Gasteiger partial charge in [0, 0.05) is 5.38 Å². The molecule has 2 nitrogen and oxygen atoms in total. The van der Waals surface area contributed by atoms with Crippen LogP contribution < -0.4 is 4.74 Å². The number of ether oxygens (including phenoxy) is 1. The average molecular weight is 324 g/mol. The zero-order valence-electron chi connectivity index (χ0n) is 8.16. The largest absolute Gasteiger partial charge is 0.573 e. The fraction of sp³-hybridized carbons (Fsp3) is 0.100. The highest BCUT2D eigenvalue weighted by Crippen LogP contribution is 2.35. The summed E-state index contributed by atoms with van der Waals surface area (Å²) in [7, 11) is 0. The molecule has 0 atom stereocenters. The second-order valence-corrected chi connectivity index (χ2v) is 4.69. The molecule has 1 aromatic carbocycles. The number of hydrogen-bond donors (Lipinski definition) is 0. The Morgan fingerprint density at radius 3 is 2.53 bits per heavy atom. The van der Waals surface area contributed by atoms with Crippen LogP contribution in [0.15, 0.2) is 34.2 Å². The van der Waals surface area contributed by atoms with Gasteiger partial charge in [-0.15, -0.1) is 24.5 Å². The van der Waals surface area contributed by atoms with Crippen molar-refractivity contribution < 1.29 is 17.9 Å². The second kappa shape index (κ2) is 4.66. The topological polar surface area (TPSA) is 22.1 Å². The lowest BCUT2D eigenvalue weighted by Crippen LogP contribution is -2.17. The van der Waals surface area contributed by atoms with Gasteiger partial charge < -0.3 is 4.74 Å². The van der Waals surface area contributed by atoms with E-state index in [0.29, 0.717) is 15.2 Å². The first-order valence-electron chi connectivity index (χ1n) is 4.42. The van der Waals surface area contributed by atoms with Crippen molar-refractivity contribution in [3.63, 3.8) is 0 Å². The van der Waals surface area contributed by atoms with E-state index < -0.39 is 6.36 Å². The predicted octanol–water partition coefficient (Wildman–Crippen LogP) is 4.47. The lowest BCUT2D eigenvalue weighted by Gasteiger charge is -2.11. The van der Waals surface area contributed by atoms with Gasteiger partial charge in [0.2, 0.25) is 0 Å². The number of thiazole rings is 1. The summed E-state index contributed by atoms with van der Waals surface area (Å²) in [4.78, 5) is 4.06. The zero-order chi connectivity index (χ0) is 12.5. The van der Waals surface area contributed by atoms with Gasteiger partial charge in [-0.2, -0.15) is 0 Å². The third-order valence-electron chi connectivity index (χ3n) is 1.82. The van der Waals surface area contributed by atoms with E-state index in [4.69, 9.17) is 0 Å². The van der Waals surface area contributed by atoms with Crippen molar-refractivity contribution in [2.24, 2.45) is 0 Å². The number of rotatable bonds is 2. The van der Waals surface area contributed by atoms with Gasteiger partial charge in [-0.1, -0.05) is 12.1 Å². The highest BCUT2D eigenvalue weighted by molar-refractivity contribution is 9.10. The average Bonchev–Trinajstić information content (AvgIpc) is 2.63. The van der Waals surface area contributed by atoms with Crippen LogP contribution in [0.1, 0.15) is 0 Å². The van der Waals surface area contributed by atoms with Gasteiger partial charge in [0.25, 0.3) is 0 Å². The van der Waals surface area contributed by atoms with Crippen LogP contribution in [0.3, 0.4) is 0 Å². The molecule has 0 radical (unpaired) electrons. The van der Waals surface area contributed by atoms with Gasteiger partial charge in [0.1, 0.15) is 15.4 Å². The minimum absolute atomic E-state index is 0.248. The molecule has 1 heterocycles. The van der Waals surface area contributed by atoms with E-state index >= 15 is 0 Å². The molecule has 0 aliphatic heterocycles. The van der Waals surface area contributed by atoms with Crippen molar-refractivity contribution in [2.75, 3.05) is 0 Å². The highest BCUT2D eigenvalue weighted by atomic mass is 79.9. The number of benzene rings is 1. The van der Waals surface area contributed by atoms with Gasteiger partial charge in [-0.25, -0.2) is 4.98 Å². The minimum atomic E-state index is -4.70. The van der Waals surface area contributed by atoms with E-state index in [0.717, 1.165) is 0 Å². The number of hydrogen-bond acceptors (Lipinski definition) is 3. The minimum Gasteiger partial charge on any atom is -0.405 e. The Morgan fingerprint density at radius 2 is 1.94 bits per heavy atom. The van der Waals surface area contributed by atoms with Gasteiger partial charge in [0.05, 0.1) is 5.56 Å². The Kier molecular flexibility index (Phi) is 3.39. The quantitative estimate of drug-likeness (QED) is 0.813. The van der Waals surface area contributed by atoms with Crippen molar-refractivity contribution in [1.82, 2.24) is 4.98 Å². The highest BCUT2D eigenvalue weighted by Gasteiger charge is 2.32. The first kappa shape index (κ1) is 12.4. The number of nitrogens with zero attached hydrogens (tertiary/aromatic N) is 1. The molecule has 7 heteroatoms. The third kappa shape index (κ3) is 3.19. The SMILES string of the molecule is FC(F)(F)Oc1ccccc1-c1nc(Br)cs1. The van der Waals surface area contributed by atoms with Crippen LogP contribution in [0, 0.1) is 0 Å². The standard InChI is InChI=1S/C10H5BrF3NOS/c11-8-5-17-9(15-8)6-3-1-2-4-7(6)16-10(12,13)14/h1-5H. The predicted molar refractivity (Wildman–Crippen MR) is 61.9 cm³/mol. The fourth-order valence-corrected chi connectivity index (χ4v) is 2.52. The fourth-order valence-electron chi connectivity index (χ4n) is 1.23. The molecular formula is C10H5BrF3NOS. The Hall–Kier alpha value is -1.08. The zero-order valence-corrected chi connectivity index (χ0v) is 10.6. The van der Waals surface area contributed by atoms with Gasteiger partial charge in [-0.05, 0) is 28.1 Å². The molecule has 0 bridgehead atoms. The van der Waals surface area contributed by atoms with Crippen LogP contribution in [-0.2, 0) is 0 Å². The molecule has 0 saturated carbocycles. The summed E-state index contributed by atoms with van der Waals surface area (Å²) in [5.74, 6) is -0.248. The van der Waals surface area contributed by atoms with E-state index in [9.17, 15) is 13.2 Å². The monoisotopic (exact) mass is 323 g/mol. The van der Waals surface area contributed by atoms with E-state index in [2.05, 4.69) is 25.7 Å². The molecule has 0 saturated heterocycles. The van der Waals surface area contributed by atoms with Crippen LogP contribution in [0.4, 0.5) is 13.2 Å². The maximum Gasteiger partial charge on any atom is 0.573 e. The second-order valence-electron chi connectivity index (χ2n) is 3.02. The third-order valence-corrected chi connectivity index (χ3v) is 3.40. The Balaban J connectivity index is 2.41. The molecule has 90 valence electrons. The summed E-state index contributed by atoms with van der Waals surface area (Å²) in [5, 5.41) is 2.16. The molecule has 0 unspecified atom stereocenters. The molecule has 0 spiro atoms. The van der Waals surface area contributed by atoms with Crippen LogP contribution in [-0.4, -0.2) is 11.3 Å². The molecule has 0 N–H and O–H groups in total. The van der Waals surface area contributed by atoms with E-state index in [1.807, 2.05) is 0 Å². The lowest BCUT2D eigenvalue weighted by atomic mass is 10.2. The maximum atomic E-state index is 12.2. The molecule has 0 fully saturated rings. The number of halogens is 4. The van der Waals surface area contributed by atoms with Crippen molar-refractivity contribution in [2.45, 2.75) is 6.36 Å². The van der Waals surface area contributed by atoms with Crippen LogP contribution in [0.25, 0.3) is 10.6 Å². The van der Waals surface area contributed by atoms with Crippen LogP contribution in [0.2, 0.25) is 0 Å². The molecule has 2 aromatic rings. The smallest absolute Gasteiger partial charge is 0.405 e. The Bertz CT molecular complexity index is 526. The summed E-state index contributed by atoms with van der Waals surface area (Å²) in [6.07, 6.45) is -4.70. The normalized spacial score (nSPS) is 11.5.